The summed E-state index contributed by atoms with van der Waals surface area (Å²) in [4.78, 5) is 15.9. The summed E-state index contributed by atoms with van der Waals surface area (Å²) >= 11 is 5.77. The van der Waals surface area contributed by atoms with Crippen molar-refractivity contribution in [2.45, 2.75) is 12.5 Å². The number of allylic oxidation sites excluding steroid dienone is 1. The van der Waals surface area contributed by atoms with Gasteiger partial charge in [0, 0.05) is 19.0 Å². The topological polar surface area (TPSA) is 60.9 Å². The van der Waals surface area contributed by atoms with E-state index >= 15 is 0 Å². The summed E-state index contributed by atoms with van der Waals surface area (Å²) in [5.74, 6) is -0.104. The first kappa shape index (κ1) is 10.4. The molecule has 80 valence electrons. The average Bonchev–Trinajstić information content (AvgIpc) is 2.75. The van der Waals surface area contributed by atoms with E-state index in [0.717, 1.165) is 0 Å². The molecule has 15 heavy (non-hydrogen) atoms. The fraction of sp³-hybridized carbons (Fsp3) is 0.400. The molecule has 2 unspecified atom stereocenters. The zero-order chi connectivity index (χ0) is 11.0. The van der Waals surface area contributed by atoms with Crippen molar-refractivity contribution in [3.63, 3.8) is 0 Å². The Morgan fingerprint density at radius 2 is 2.40 bits per heavy atom. The van der Waals surface area contributed by atoms with Crippen LogP contribution in [-0.2, 0) is 7.05 Å². The molecule has 0 fully saturated rings. The smallest absolute Gasteiger partial charge is 0.202 e. The molecule has 0 saturated heterocycles. The Balaban J connectivity index is 2.22. The van der Waals surface area contributed by atoms with Crippen molar-refractivity contribution in [1.29, 1.82) is 0 Å². The van der Waals surface area contributed by atoms with Gasteiger partial charge in [-0.05, 0) is 18.0 Å². The maximum absolute atomic E-state index is 12.0. The summed E-state index contributed by atoms with van der Waals surface area (Å²) in [6, 6.07) is -0.0114. The lowest BCUT2D eigenvalue weighted by atomic mass is 10.0. The van der Waals surface area contributed by atoms with E-state index in [1.165, 1.54) is 6.20 Å². The SMILES string of the molecule is Cn1c(C(=O)C2C=CC(N)C2)cnc1Cl. The van der Waals surface area contributed by atoms with Gasteiger partial charge in [0.1, 0.15) is 5.69 Å². The molecule has 1 heterocycles. The molecule has 1 aromatic heterocycles. The third-order valence-corrected chi connectivity index (χ3v) is 2.99. The van der Waals surface area contributed by atoms with E-state index in [0.29, 0.717) is 17.4 Å². The molecule has 0 saturated carbocycles. The van der Waals surface area contributed by atoms with Gasteiger partial charge in [0.2, 0.25) is 5.28 Å². The van der Waals surface area contributed by atoms with Crippen molar-refractivity contribution >= 4 is 17.4 Å². The average molecular weight is 226 g/mol. The van der Waals surface area contributed by atoms with Gasteiger partial charge in [-0.3, -0.25) is 4.79 Å². The largest absolute Gasteiger partial charge is 0.324 e. The highest BCUT2D eigenvalue weighted by Gasteiger charge is 2.26. The van der Waals surface area contributed by atoms with E-state index in [1.807, 2.05) is 12.2 Å². The zero-order valence-electron chi connectivity index (χ0n) is 8.35. The second-order valence-electron chi connectivity index (χ2n) is 3.73. The fourth-order valence-corrected chi connectivity index (χ4v) is 1.87. The van der Waals surface area contributed by atoms with Crippen LogP contribution >= 0.6 is 11.6 Å². The Kier molecular flexibility index (Phi) is 2.63. The van der Waals surface area contributed by atoms with Crippen molar-refractivity contribution in [2.75, 3.05) is 0 Å². The van der Waals surface area contributed by atoms with Crippen LogP contribution in [0.4, 0.5) is 0 Å². The summed E-state index contributed by atoms with van der Waals surface area (Å²) in [5, 5.41) is 0.324. The Bertz CT molecular complexity index is 424. The lowest BCUT2D eigenvalue weighted by molar-refractivity contribution is 0.0934. The lowest BCUT2D eigenvalue weighted by Gasteiger charge is -2.08. The zero-order valence-corrected chi connectivity index (χ0v) is 9.11. The van der Waals surface area contributed by atoms with Crippen LogP contribution in [0.1, 0.15) is 16.9 Å². The van der Waals surface area contributed by atoms with Crippen molar-refractivity contribution < 1.29 is 4.79 Å². The summed E-state index contributed by atoms with van der Waals surface area (Å²) in [5.41, 5.74) is 6.23. The number of carbonyl (C=O) groups excluding carboxylic acids is 1. The molecule has 4 nitrogen and oxygen atoms in total. The molecule has 0 bridgehead atoms. The summed E-state index contributed by atoms with van der Waals surface area (Å²) in [7, 11) is 1.72. The summed E-state index contributed by atoms with van der Waals surface area (Å²) < 4.78 is 1.58. The van der Waals surface area contributed by atoms with Gasteiger partial charge in [-0.2, -0.15) is 0 Å². The fourth-order valence-electron chi connectivity index (χ4n) is 1.73. The van der Waals surface area contributed by atoms with Gasteiger partial charge in [-0.1, -0.05) is 12.2 Å². The number of nitrogens with two attached hydrogens (primary N) is 1. The van der Waals surface area contributed by atoms with Crippen molar-refractivity contribution in [1.82, 2.24) is 9.55 Å². The molecule has 0 aromatic carbocycles. The summed E-state index contributed by atoms with van der Waals surface area (Å²) in [6.07, 6.45) is 5.89. The molecule has 5 heteroatoms. The highest BCUT2D eigenvalue weighted by molar-refractivity contribution is 6.28. The van der Waals surface area contributed by atoms with Crippen LogP contribution in [0.25, 0.3) is 0 Å². The number of ketones is 1. The van der Waals surface area contributed by atoms with Crippen molar-refractivity contribution in [3.05, 3.63) is 29.3 Å². The second-order valence-corrected chi connectivity index (χ2v) is 4.06. The van der Waals surface area contributed by atoms with E-state index in [1.54, 1.807) is 11.6 Å². The van der Waals surface area contributed by atoms with E-state index in [4.69, 9.17) is 17.3 Å². The van der Waals surface area contributed by atoms with Crippen LogP contribution in [-0.4, -0.2) is 21.4 Å². The minimum absolute atomic E-state index is 0.0114. The van der Waals surface area contributed by atoms with Crippen LogP contribution in [0.15, 0.2) is 18.3 Å². The predicted molar refractivity (Wildman–Crippen MR) is 57.8 cm³/mol. The number of nitrogens with zero attached hydrogens (tertiary/aromatic N) is 2. The molecule has 0 spiro atoms. The molecule has 2 atom stereocenters. The Hall–Kier alpha value is -1.13. The van der Waals surface area contributed by atoms with E-state index < -0.39 is 0 Å². The first-order chi connectivity index (χ1) is 7.09. The number of halogens is 1. The number of Topliss-reactive ketones (excluding diaryl/α,β-unsaturated/α-hetero) is 1. The van der Waals surface area contributed by atoms with Gasteiger partial charge in [0.05, 0.1) is 6.20 Å². The first-order valence-corrected chi connectivity index (χ1v) is 5.12. The molecule has 0 radical (unpaired) electrons. The molecule has 2 rings (SSSR count). The van der Waals surface area contributed by atoms with E-state index in [2.05, 4.69) is 4.98 Å². The third kappa shape index (κ3) is 1.82. The number of hydrogen-bond acceptors (Lipinski definition) is 3. The normalized spacial score (nSPS) is 24.7. The van der Waals surface area contributed by atoms with Crippen LogP contribution in [0.3, 0.4) is 0 Å². The molecule has 1 aliphatic rings. The molecular weight excluding hydrogens is 214 g/mol. The molecule has 1 aliphatic carbocycles. The Morgan fingerprint density at radius 1 is 1.67 bits per heavy atom. The van der Waals surface area contributed by atoms with Crippen molar-refractivity contribution in [3.8, 4) is 0 Å². The molecule has 2 N–H and O–H groups in total. The van der Waals surface area contributed by atoms with Crippen molar-refractivity contribution in [2.24, 2.45) is 18.7 Å². The van der Waals surface area contributed by atoms with Gasteiger partial charge in [-0.25, -0.2) is 4.98 Å². The minimum Gasteiger partial charge on any atom is -0.324 e. The second kappa shape index (κ2) is 3.79. The Morgan fingerprint density at radius 3 is 2.87 bits per heavy atom. The van der Waals surface area contributed by atoms with Gasteiger partial charge < -0.3 is 10.3 Å². The Labute approximate surface area is 92.7 Å². The minimum atomic E-state index is -0.133. The number of carbonyl (C=O) groups is 1. The molecule has 0 amide bonds. The van der Waals surface area contributed by atoms with Crippen LogP contribution < -0.4 is 5.73 Å². The first-order valence-electron chi connectivity index (χ1n) is 4.75. The monoisotopic (exact) mass is 225 g/mol. The van der Waals surface area contributed by atoms with Crippen LogP contribution in [0.5, 0.6) is 0 Å². The highest BCUT2D eigenvalue weighted by Crippen LogP contribution is 2.22. The maximum atomic E-state index is 12.0. The summed E-state index contributed by atoms with van der Waals surface area (Å²) in [6.45, 7) is 0. The molecule has 0 aliphatic heterocycles. The number of rotatable bonds is 2. The maximum Gasteiger partial charge on any atom is 0.202 e. The third-order valence-electron chi connectivity index (χ3n) is 2.64. The number of imidazole rings is 1. The van der Waals surface area contributed by atoms with E-state index in [-0.39, 0.29) is 17.7 Å². The quantitative estimate of drug-likeness (QED) is 0.607. The highest BCUT2D eigenvalue weighted by atomic mass is 35.5. The van der Waals surface area contributed by atoms with Crippen LogP contribution in [0.2, 0.25) is 5.28 Å². The number of aromatic nitrogens is 2. The molecular formula is C10H12ClN3O. The van der Waals surface area contributed by atoms with Gasteiger partial charge in [0.15, 0.2) is 5.78 Å². The predicted octanol–water partition coefficient (Wildman–Crippen LogP) is 1.16. The van der Waals surface area contributed by atoms with Gasteiger partial charge in [-0.15, -0.1) is 0 Å². The van der Waals surface area contributed by atoms with Gasteiger partial charge in [0.25, 0.3) is 0 Å². The van der Waals surface area contributed by atoms with E-state index in [9.17, 15) is 4.79 Å². The number of hydrogen-bond donors (Lipinski definition) is 1. The van der Waals surface area contributed by atoms with Crippen LogP contribution in [0, 0.1) is 5.92 Å². The van der Waals surface area contributed by atoms with Gasteiger partial charge >= 0.3 is 0 Å². The molecule has 1 aromatic rings. The standard InChI is InChI=1S/C10H12ClN3O/c1-14-8(5-13-10(14)11)9(15)6-2-3-7(12)4-6/h2-3,5-7H,4,12H2,1H3. The lowest BCUT2D eigenvalue weighted by Crippen LogP contribution is -2.20.